The number of hydrogen-bond donors (Lipinski definition) is 0. The summed E-state index contributed by atoms with van der Waals surface area (Å²) in [6, 6.07) is 13.5. The molecule has 1 saturated carbocycles. The van der Waals surface area contributed by atoms with E-state index in [2.05, 4.69) is 10.3 Å². The summed E-state index contributed by atoms with van der Waals surface area (Å²) < 4.78 is 73.6. The Morgan fingerprint density at radius 2 is 1.72 bits per heavy atom. The number of aromatic nitrogens is 5. The number of pyridine rings is 1. The van der Waals surface area contributed by atoms with Gasteiger partial charge in [0, 0.05) is 37.9 Å². The molecule has 1 fully saturated rings. The van der Waals surface area contributed by atoms with E-state index in [4.69, 9.17) is 4.98 Å². The summed E-state index contributed by atoms with van der Waals surface area (Å²) in [4.78, 5) is 4.59. The first-order valence-electron chi connectivity index (χ1n) is 14.3. The molecule has 0 N–H and O–H groups in total. The SMILES string of the molecule is BC(B)(B)c1nnn(C)c1-c1cnc2c3c(F)cc(S(C)(=O)=O)cc3n(C(c3ccccc3)C3CCC(F)(F)CC3)c2c1. The fourth-order valence-electron chi connectivity index (χ4n) is 6.44. The molecule has 3 aromatic heterocycles. The van der Waals surface area contributed by atoms with Crippen molar-refractivity contribution in [3.63, 3.8) is 0 Å². The van der Waals surface area contributed by atoms with Gasteiger partial charge in [-0.05, 0) is 42.5 Å². The molecule has 220 valence electrons. The van der Waals surface area contributed by atoms with Crippen LogP contribution in [0.25, 0.3) is 33.2 Å². The highest BCUT2D eigenvalue weighted by molar-refractivity contribution is 7.90. The zero-order chi connectivity index (χ0) is 30.9. The first kappa shape index (κ1) is 29.5. The predicted octanol–water partition coefficient (Wildman–Crippen LogP) is 2.95. The average Bonchev–Trinajstić information content (AvgIpc) is 3.48. The fourth-order valence-corrected chi connectivity index (χ4v) is 7.08. The summed E-state index contributed by atoms with van der Waals surface area (Å²) in [5.41, 5.74) is 4.38. The van der Waals surface area contributed by atoms with Crippen LogP contribution in [-0.2, 0) is 22.0 Å². The monoisotopic (exact) mass is 603 g/mol. The fraction of sp³-hybridized carbons (Fsp3) is 0.345. The number of fused-ring (bicyclic) bond motifs is 3. The van der Waals surface area contributed by atoms with Crippen LogP contribution in [0.15, 0.2) is 59.6 Å². The molecule has 0 aliphatic heterocycles. The van der Waals surface area contributed by atoms with Gasteiger partial charge in [-0.25, -0.2) is 26.3 Å². The Morgan fingerprint density at radius 1 is 1.05 bits per heavy atom. The molecule has 14 heteroatoms. The Balaban J connectivity index is 1.71. The zero-order valence-electron chi connectivity index (χ0n) is 24.8. The lowest BCUT2D eigenvalue weighted by atomic mass is 9.41. The third kappa shape index (κ3) is 5.28. The standard InChI is InChI=1S/C29H31B3F3N5O2S/c1-39-26(27(37-38-39)29(30,31)32)18-12-22-24(36-15-18)23-20(33)13-19(43(2,41)42)14-21(23)40(22)25(16-6-4-3-5-7-16)17-8-10-28(34,35)11-9-17/h3-7,12-15,17,25H,8-11,30-32H2,1-2H3. The third-order valence-electron chi connectivity index (χ3n) is 8.53. The summed E-state index contributed by atoms with van der Waals surface area (Å²) >= 11 is 0. The minimum atomic E-state index is -3.77. The normalized spacial score (nSPS) is 17.0. The number of benzene rings is 2. The van der Waals surface area contributed by atoms with Gasteiger partial charge >= 0.3 is 0 Å². The number of hydrogen-bond acceptors (Lipinski definition) is 5. The van der Waals surface area contributed by atoms with Crippen LogP contribution in [0.4, 0.5) is 13.2 Å². The van der Waals surface area contributed by atoms with E-state index in [-0.39, 0.29) is 47.0 Å². The van der Waals surface area contributed by atoms with Crippen LogP contribution >= 0.6 is 0 Å². The van der Waals surface area contributed by atoms with Crippen molar-refractivity contribution in [3.8, 4) is 11.3 Å². The maximum atomic E-state index is 15.9. The van der Waals surface area contributed by atoms with Crippen molar-refractivity contribution in [1.29, 1.82) is 0 Å². The Bertz CT molecular complexity index is 1960. The summed E-state index contributed by atoms with van der Waals surface area (Å²) in [5.74, 6) is -3.65. The number of halogens is 3. The highest BCUT2D eigenvalue weighted by Gasteiger charge is 2.40. The molecular weight excluding hydrogens is 572 g/mol. The van der Waals surface area contributed by atoms with E-state index in [1.54, 1.807) is 17.9 Å². The average molecular weight is 603 g/mol. The summed E-state index contributed by atoms with van der Waals surface area (Å²) in [7, 11) is 4.14. The van der Waals surface area contributed by atoms with Crippen LogP contribution in [0.3, 0.4) is 0 Å². The molecule has 1 atom stereocenters. The van der Waals surface area contributed by atoms with Crippen molar-refractivity contribution in [3.05, 3.63) is 71.8 Å². The number of sulfone groups is 1. The maximum Gasteiger partial charge on any atom is 0.248 e. The smallest absolute Gasteiger partial charge is 0.248 e. The van der Waals surface area contributed by atoms with Gasteiger partial charge in [0.05, 0.1) is 67.8 Å². The third-order valence-corrected chi connectivity index (χ3v) is 9.62. The van der Waals surface area contributed by atoms with Gasteiger partial charge in [0.25, 0.3) is 0 Å². The highest BCUT2D eigenvalue weighted by Crippen LogP contribution is 2.46. The number of alkyl halides is 2. The van der Waals surface area contributed by atoms with Crippen molar-refractivity contribution >= 4 is 55.3 Å². The lowest BCUT2D eigenvalue weighted by Gasteiger charge is -2.35. The summed E-state index contributed by atoms with van der Waals surface area (Å²) in [6.07, 6.45) is 2.71. The molecule has 0 amide bonds. The Kier molecular flexibility index (Phi) is 7.06. The van der Waals surface area contributed by atoms with Gasteiger partial charge in [0.1, 0.15) is 5.82 Å². The summed E-state index contributed by atoms with van der Waals surface area (Å²) in [5, 5.41) is 8.53. The maximum absolute atomic E-state index is 15.9. The van der Waals surface area contributed by atoms with E-state index in [1.165, 1.54) is 6.07 Å². The molecule has 7 nitrogen and oxygen atoms in total. The number of nitrogens with zero attached hydrogens (tertiary/aromatic N) is 5. The minimum absolute atomic E-state index is 0.158. The van der Waals surface area contributed by atoms with Crippen LogP contribution in [0.5, 0.6) is 0 Å². The van der Waals surface area contributed by atoms with Gasteiger partial charge in [-0.15, -0.1) is 5.10 Å². The Labute approximate surface area is 251 Å². The summed E-state index contributed by atoms with van der Waals surface area (Å²) in [6.45, 7) is 0. The van der Waals surface area contributed by atoms with Crippen LogP contribution in [0.1, 0.15) is 43.0 Å². The van der Waals surface area contributed by atoms with Gasteiger partial charge in [-0.2, -0.15) is 0 Å². The molecule has 0 spiro atoms. The van der Waals surface area contributed by atoms with Gasteiger partial charge < -0.3 is 4.57 Å². The van der Waals surface area contributed by atoms with E-state index in [9.17, 15) is 17.2 Å². The van der Waals surface area contributed by atoms with Gasteiger partial charge in [-0.1, -0.05) is 40.7 Å². The van der Waals surface area contributed by atoms with Gasteiger partial charge in [-0.3, -0.25) is 4.98 Å². The topological polar surface area (TPSA) is 82.7 Å². The first-order chi connectivity index (χ1) is 20.2. The molecule has 1 unspecified atom stereocenters. The van der Waals surface area contributed by atoms with E-state index in [0.29, 0.717) is 22.1 Å². The second-order valence-corrected chi connectivity index (χ2v) is 14.8. The minimum Gasteiger partial charge on any atom is -0.331 e. The molecule has 43 heavy (non-hydrogen) atoms. The highest BCUT2D eigenvalue weighted by atomic mass is 32.2. The second-order valence-electron chi connectivity index (χ2n) is 12.7. The first-order valence-corrected chi connectivity index (χ1v) is 16.2. The number of rotatable bonds is 6. The van der Waals surface area contributed by atoms with E-state index in [0.717, 1.165) is 29.3 Å². The van der Waals surface area contributed by atoms with Gasteiger partial charge in [0.2, 0.25) is 5.92 Å². The van der Waals surface area contributed by atoms with Crippen molar-refractivity contribution in [2.45, 2.75) is 47.7 Å². The van der Waals surface area contributed by atoms with E-state index < -0.39 is 27.6 Å². The van der Waals surface area contributed by atoms with Crippen molar-refractivity contribution in [2.24, 2.45) is 13.0 Å². The Morgan fingerprint density at radius 3 is 2.35 bits per heavy atom. The molecule has 1 aliphatic rings. The van der Waals surface area contributed by atoms with Gasteiger partial charge in [0.15, 0.2) is 9.84 Å². The number of aryl methyl sites for hydroxylation is 1. The molecule has 0 bridgehead atoms. The van der Waals surface area contributed by atoms with Crippen molar-refractivity contribution in [1.82, 2.24) is 24.5 Å². The van der Waals surface area contributed by atoms with Crippen molar-refractivity contribution in [2.75, 3.05) is 6.26 Å². The molecule has 1 aliphatic carbocycles. The second kappa shape index (κ2) is 10.3. The molecule has 2 aromatic carbocycles. The van der Waals surface area contributed by atoms with Crippen molar-refractivity contribution < 1.29 is 21.6 Å². The Hall–Kier alpha value is -3.54. The lowest BCUT2D eigenvalue weighted by molar-refractivity contribution is -0.0493. The molecule has 5 aromatic rings. The quantitative estimate of drug-likeness (QED) is 0.279. The zero-order valence-corrected chi connectivity index (χ0v) is 25.6. The van der Waals surface area contributed by atoms with E-state index in [1.807, 2.05) is 64.5 Å². The lowest BCUT2D eigenvalue weighted by Crippen LogP contribution is -2.30. The predicted molar refractivity (Wildman–Crippen MR) is 169 cm³/mol. The molecule has 0 saturated heterocycles. The molecule has 0 radical (unpaired) electrons. The van der Waals surface area contributed by atoms with Crippen LogP contribution in [0.2, 0.25) is 0 Å². The molecular formula is C29H31B3F3N5O2S. The largest absolute Gasteiger partial charge is 0.331 e. The van der Waals surface area contributed by atoms with E-state index >= 15 is 4.39 Å². The van der Waals surface area contributed by atoms with Crippen LogP contribution in [-0.4, -0.2) is 68.7 Å². The molecule has 3 heterocycles. The molecule has 6 rings (SSSR count). The van der Waals surface area contributed by atoms with Crippen LogP contribution in [0, 0.1) is 11.7 Å². The van der Waals surface area contributed by atoms with Crippen LogP contribution < -0.4 is 0 Å².